The Labute approximate surface area is 723 Å². The van der Waals surface area contributed by atoms with E-state index in [2.05, 4.69) is 0 Å². The van der Waals surface area contributed by atoms with E-state index in [0.717, 1.165) is 132 Å². The SMILES string of the molecule is CC(=O)OC[C@H]1O[C@@H](OC[C@H]2O[C@@H](OC[C@H]3O[C@@H](OC[C@H]4O[C@@H](OC[C@H]5O[C@@H](OC[C@H]6O[C@@H](OCCN)[C@H](OC(C)=O)[C@@H](OC(C)=O)[C@@H]6OC(C)=O)[C@H](OC(C)=O)[C@@H](OC(C)=O)[C@@H]5OC(C)=O)[C@H](OC(C)=O)[C@@H](OC(C)=O)[C@@H]4OC(C)=O)[C@H](OC(C)=O)[C@@H](OC(C)=O)[C@@H]3OC(C)=O)[C@H](OC(C)=O)[C@@H](OC(C)=O)[C@@H]2OC(C)=O)[C@H](OC(C)=O)[C@@H](OC(C)=O)[C@@H]1OC(C)=O. The lowest BCUT2D eigenvalue weighted by atomic mass is 9.96. The van der Waals surface area contributed by atoms with Crippen LogP contribution in [0.15, 0.2) is 0 Å². The van der Waals surface area contributed by atoms with Crippen LogP contribution in [0.2, 0.25) is 0 Å². The van der Waals surface area contributed by atoms with Crippen LogP contribution in [-0.4, -0.2) is 350 Å². The highest BCUT2D eigenvalue weighted by molar-refractivity contribution is 5.74. The van der Waals surface area contributed by atoms with Crippen molar-refractivity contribution in [2.45, 2.75) is 316 Å². The smallest absolute Gasteiger partial charge is 0.303 e. The molecule has 6 fully saturated rings. The number of carbonyl (C=O) groups is 19. The molecule has 30 atom stereocenters. The standard InChI is InChI=1S/C76H105NO50/c1-28(78)98-22-47-53(104-29(2)79)60(111-36(9)86)66(117-42(15)92)72(123-47)100-24-49-55(106-31(4)81)62(113-38(11)88)68(119-44(17)94)74(125-49)102-26-51-57(108-33(6)83)64(115-40(13)90)70(121-46(19)96)76(127-51)103-27-52-58(109-34(7)84)63(114-39(12)89)69(120-45(18)95)75(126-52)101-25-50-56(107-32(5)82)61(112-37(10)87)67(118-43(16)93)73(124-50)99-23-48-54(105-30(3)80)59(110-35(8)85)65(116-41(14)91)71(122-48)97-21-20-77/h47-76H,20-27,77H2,1-19H3/t47-,48-,49-,50-,51-,52-,53-,54-,55-,56-,57-,58-,59+,60+,61+,62+,63+,64+,65-,66-,67-,68-,69-,70-,71-,72-,73-,74-,75-,76-/m1/s1. The summed E-state index contributed by atoms with van der Waals surface area (Å²) in [5.41, 5.74) is 5.74. The van der Waals surface area contributed by atoms with Gasteiger partial charge in [0.1, 0.15) is 43.2 Å². The van der Waals surface area contributed by atoms with E-state index in [1.807, 2.05) is 0 Å². The third kappa shape index (κ3) is 32.0. The van der Waals surface area contributed by atoms with E-state index in [4.69, 9.17) is 153 Å². The van der Waals surface area contributed by atoms with Crippen molar-refractivity contribution in [3.63, 3.8) is 0 Å². The molecule has 0 bridgehead atoms. The van der Waals surface area contributed by atoms with E-state index in [9.17, 15) is 91.1 Å². The lowest BCUT2D eigenvalue weighted by Crippen LogP contribution is -2.66. The fourth-order valence-electron chi connectivity index (χ4n) is 14.1. The first kappa shape index (κ1) is 105. The number of hydrogen-bond acceptors (Lipinski definition) is 51. The summed E-state index contributed by atoms with van der Waals surface area (Å²) in [7, 11) is 0. The largest absolute Gasteiger partial charge is 0.463 e. The lowest BCUT2D eigenvalue weighted by Gasteiger charge is -2.48. The van der Waals surface area contributed by atoms with Gasteiger partial charge in [0.05, 0.1) is 39.6 Å². The number of carbonyl (C=O) groups excluding carboxylic acids is 19. The molecule has 51 nitrogen and oxygen atoms in total. The van der Waals surface area contributed by atoms with Gasteiger partial charge in [-0.05, 0) is 0 Å². The van der Waals surface area contributed by atoms with Crippen LogP contribution in [0, 0.1) is 0 Å². The van der Waals surface area contributed by atoms with Gasteiger partial charge in [-0.15, -0.1) is 0 Å². The Kier molecular flexibility index (Phi) is 40.7. The van der Waals surface area contributed by atoms with E-state index in [-0.39, 0.29) is 13.2 Å². The number of nitrogens with two attached hydrogens (primary N) is 1. The first-order valence-corrected chi connectivity index (χ1v) is 39.1. The fraction of sp³-hybridized carbons (Fsp3) is 0.750. The van der Waals surface area contributed by atoms with Crippen LogP contribution in [0.3, 0.4) is 0 Å². The van der Waals surface area contributed by atoms with Crippen molar-refractivity contribution >= 4 is 113 Å². The van der Waals surface area contributed by atoms with Crippen molar-refractivity contribution in [3.05, 3.63) is 0 Å². The second-order valence-corrected chi connectivity index (χ2v) is 28.7. The number of esters is 19. The normalized spacial score (nSPS) is 32.6. The van der Waals surface area contributed by atoms with Gasteiger partial charge in [0, 0.05) is 138 Å². The predicted octanol–water partition coefficient (Wildman–Crippen LogP) is -3.27. The molecular formula is C76H105NO50. The molecule has 6 aliphatic rings. The van der Waals surface area contributed by atoms with Gasteiger partial charge in [0.15, 0.2) is 148 Å². The zero-order valence-electron chi connectivity index (χ0n) is 72.5. The van der Waals surface area contributed by atoms with Crippen LogP contribution in [-0.2, 0) is 238 Å². The van der Waals surface area contributed by atoms with Gasteiger partial charge in [-0.2, -0.15) is 0 Å². The van der Waals surface area contributed by atoms with Crippen molar-refractivity contribution < 1.29 is 238 Å². The molecule has 0 radical (unpaired) electrons. The first-order valence-electron chi connectivity index (χ1n) is 39.1. The van der Waals surface area contributed by atoms with Crippen LogP contribution in [0.1, 0.15) is 132 Å². The van der Waals surface area contributed by atoms with E-state index < -0.39 is 337 Å². The molecule has 6 heterocycles. The molecule has 6 saturated heterocycles. The number of rotatable bonds is 38. The maximum Gasteiger partial charge on any atom is 0.303 e. The van der Waals surface area contributed by atoms with Gasteiger partial charge in [0.25, 0.3) is 0 Å². The Morgan fingerprint density at radius 1 is 0.173 bits per heavy atom. The molecule has 0 spiro atoms. The van der Waals surface area contributed by atoms with Crippen LogP contribution in [0.4, 0.5) is 0 Å². The summed E-state index contributed by atoms with van der Waals surface area (Å²) >= 11 is 0. The number of hydrogen-bond donors (Lipinski definition) is 1. The van der Waals surface area contributed by atoms with Crippen LogP contribution in [0.25, 0.3) is 0 Å². The molecule has 6 rings (SSSR count). The van der Waals surface area contributed by atoms with Crippen molar-refractivity contribution in [1.29, 1.82) is 0 Å². The Morgan fingerprint density at radius 2 is 0.299 bits per heavy atom. The summed E-state index contributed by atoms with van der Waals surface area (Å²) in [4.78, 5) is 248. The zero-order chi connectivity index (χ0) is 94.9. The second kappa shape index (κ2) is 49.1. The highest BCUT2D eigenvalue weighted by atomic mass is 16.8. The topological polar surface area (TPSA) is 636 Å². The first-order chi connectivity index (χ1) is 59.5. The maximum atomic E-state index is 13.4. The van der Waals surface area contributed by atoms with E-state index in [0.29, 0.717) is 0 Å². The second-order valence-electron chi connectivity index (χ2n) is 28.7. The Balaban J connectivity index is 1.46. The van der Waals surface area contributed by atoms with Crippen LogP contribution in [0.5, 0.6) is 0 Å². The monoisotopic (exact) mass is 1830 g/mol. The molecular weight excluding hydrogens is 1730 g/mol. The minimum Gasteiger partial charge on any atom is -0.463 e. The summed E-state index contributed by atoms with van der Waals surface area (Å²) in [5.74, 6) is -20.7. The maximum absolute atomic E-state index is 13.4. The zero-order valence-corrected chi connectivity index (χ0v) is 72.5. The minimum atomic E-state index is -2.23. The van der Waals surface area contributed by atoms with Gasteiger partial charge in [-0.1, -0.05) is 0 Å². The summed E-state index contributed by atoms with van der Waals surface area (Å²) in [6, 6.07) is 0. The summed E-state index contributed by atoms with van der Waals surface area (Å²) in [5, 5.41) is 0. The van der Waals surface area contributed by atoms with E-state index >= 15 is 0 Å². The third-order valence-corrected chi connectivity index (χ3v) is 18.0. The molecule has 0 aromatic carbocycles. The molecule has 51 heteroatoms. The molecule has 0 unspecified atom stereocenters. The Bertz CT molecular complexity index is 3860. The van der Waals surface area contributed by atoms with Crippen LogP contribution < -0.4 is 5.73 Å². The van der Waals surface area contributed by atoms with Gasteiger partial charge in [0.2, 0.25) is 0 Å². The van der Waals surface area contributed by atoms with E-state index in [1.54, 1.807) is 0 Å². The third-order valence-electron chi connectivity index (χ3n) is 18.0. The van der Waals surface area contributed by atoms with Gasteiger partial charge in [-0.3, -0.25) is 91.1 Å². The summed E-state index contributed by atoms with van der Waals surface area (Å²) in [6.45, 7) is 11.0. The highest BCUT2D eigenvalue weighted by Crippen LogP contribution is 2.40. The molecule has 6 aliphatic heterocycles. The quantitative estimate of drug-likeness (QED) is 0.0468. The van der Waals surface area contributed by atoms with Crippen LogP contribution >= 0.6 is 0 Å². The predicted molar refractivity (Wildman–Crippen MR) is 393 cm³/mol. The molecule has 2 N–H and O–H groups in total. The molecule has 0 aromatic rings. The average Bonchev–Trinajstić information content (AvgIpc) is 0.781. The van der Waals surface area contributed by atoms with Crippen molar-refractivity contribution in [2.75, 3.05) is 52.8 Å². The van der Waals surface area contributed by atoms with Gasteiger partial charge >= 0.3 is 113 Å². The Morgan fingerprint density at radius 3 is 0.433 bits per heavy atom. The molecule has 0 saturated carbocycles. The van der Waals surface area contributed by atoms with Gasteiger partial charge < -0.3 is 153 Å². The Hall–Kier alpha value is -10.6. The molecule has 0 aliphatic carbocycles. The van der Waals surface area contributed by atoms with Crippen molar-refractivity contribution in [1.82, 2.24) is 0 Å². The molecule has 714 valence electrons. The fourth-order valence-corrected chi connectivity index (χ4v) is 14.1. The molecule has 0 amide bonds. The van der Waals surface area contributed by atoms with Crippen molar-refractivity contribution in [3.8, 4) is 0 Å². The highest BCUT2D eigenvalue weighted by Gasteiger charge is 2.62. The van der Waals surface area contributed by atoms with E-state index in [1.165, 1.54) is 0 Å². The number of ether oxygens (including phenoxy) is 31. The molecule has 0 aromatic heterocycles. The average molecular weight is 1830 g/mol. The minimum absolute atomic E-state index is 0.155. The van der Waals surface area contributed by atoms with Crippen molar-refractivity contribution in [2.24, 2.45) is 5.73 Å². The molecule has 127 heavy (non-hydrogen) atoms. The lowest BCUT2D eigenvalue weighted by molar-refractivity contribution is -0.354. The summed E-state index contributed by atoms with van der Waals surface area (Å²) < 4.78 is 182. The van der Waals surface area contributed by atoms with Gasteiger partial charge in [-0.25, -0.2) is 0 Å². The summed E-state index contributed by atoms with van der Waals surface area (Å²) in [6.07, 6.45) is -58.2.